The molecule has 0 aliphatic heterocycles. The van der Waals surface area contributed by atoms with Gasteiger partial charge in [0.15, 0.2) is 0 Å². The van der Waals surface area contributed by atoms with Crippen molar-refractivity contribution in [1.82, 2.24) is 9.55 Å². The van der Waals surface area contributed by atoms with Gasteiger partial charge < -0.3 is 5.11 Å². The number of hydrogen-bond donors (Lipinski definition) is 1. The van der Waals surface area contributed by atoms with Gasteiger partial charge in [-0.2, -0.15) is 0 Å². The Bertz CT molecular complexity index is 437. The van der Waals surface area contributed by atoms with E-state index < -0.39 is 11.9 Å². The number of carboxylic acid groups (broad SMARTS) is 1. The lowest BCUT2D eigenvalue weighted by molar-refractivity contribution is -0.141. The lowest BCUT2D eigenvalue weighted by Gasteiger charge is -2.10. The summed E-state index contributed by atoms with van der Waals surface area (Å²) in [5, 5.41) is 8.72. The van der Waals surface area contributed by atoms with Crippen molar-refractivity contribution in [2.75, 3.05) is 0 Å². The normalized spacial score (nSPS) is 12.5. The van der Waals surface area contributed by atoms with E-state index in [1.54, 1.807) is 20.8 Å². The third kappa shape index (κ3) is 2.43. The first-order valence-electron chi connectivity index (χ1n) is 4.69. The standard InChI is InChI=1S/C10H14N2O3/c1-6(10(14)15)4-12-5-11-8(3)7(2)9(12)13/h5-6H,4H2,1-3H3,(H,14,15). The Morgan fingerprint density at radius 3 is 2.73 bits per heavy atom. The van der Waals surface area contributed by atoms with Gasteiger partial charge >= 0.3 is 5.97 Å². The predicted molar refractivity (Wildman–Crippen MR) is 54.8 cm³/mol. The average Bonchev–Trinajstić information content (AvgIpc) is 2.18. The van der Waals surface area contributed by atoms with Crippen molar-refractivity contribution < 1.29 is 9.90 Å². The maximum absolute atomic E-state index is 11.7. The number of rotatable bonds is 3. The summed E-state index contributed by atoms with van der Waals surface area (Å²) in [6.07, 6.45) is 1.39. The van der Waals surface area contributed by atoms with Crippen molar-refractivity contribution in [3.05, 3.63) is 27.9 Å². The van der Waals surface area contributed by atoms with Gasteiger partial charge in [0.2, 0.25) is 0 Å². The molecule has 1 unspecified atom stereocenters. The number of carbonyl (C=O) groups is 1. The van der Waals surface area contributed by atoms with Gasteiger partial charge in [-0.3, -0.25) is 14.2 Å². The van der Waals surface area contributed by atoms with E-state index in [1.807, 2.05) is 0 Å². The molecule has 1 aromatic heterocycles. The van der Waals surface area contributed by atoms with Crippen LogP contribution in [0.15, 0.2) is 11.1 Å². The highest BCUT2D eigenvalue weighted by molar-refractivity contribution is 5.69. The molecule has 1 atom stereocenters. The van der Waals surface area contributed by atoms with E-state index in [2.05, 4.69) is 4.98 Å². The van der Waals surface area contributed by atoms with Crippen LogP contribution in [0.2, 0.25) is 0 Å². The molecule has 0 spiro atoms. The molecule has 0 amide bonds. The molecule has 0 bridgehead atoms. The van der Waals surface area contributed by atoms with Gasteiger partial charge in [-0.1, -0.05) is 6.92 Å². The van der Waals surface area contributed by atoms with Crippen LogP contribution < -0.4 is 5.56 Å². The quantitative estimate of drug-likeness (QED) is 0.792. The molecular weight excluding hydrogens is 196 g/mol. The van der Waals surface area contributed by atoms with Crippen molar-refractivity contribution in [3.8, 4) is 0 Å². The van der Waals surface area contributed by atoms with Gasteiger partial charge in [-0.05, 0) is 13.8 Å². The largest absolute Gasteiger partial charge is 0.481 e. The number of aliphatic carboxylic acids is 1. The lowest BCUT2D eigenvalue weighted by Crippen LogP contribution is -2.28. The maximum atomic E-state index is 11.7. The van der Waals surface area contributed by atoms with Crippen LogP contribution in [-0.2, 0) is 11.3 Å². The Morgan fingerprint density at radius 2 is 2.20 bits per heavy atom. The molecule has 5 heteroatoms. The number of hydrogen-bond acceptors (Lipinski definition) is 3. The first-order chi connectivity index (χ1) is 6.93. The smallest absolute Gasteiger partial charge is 0.308 e. The molecular formula is C10H14N2O3. The summed E-state index contributed by atoms with van der Waals surface area (Å²) >= 11 is 0. The highest BCUT2D eigenvalue weighted by atomic mass is 16.4. The molecule has 0 saturated carbocycles. The Balaban J connectivity index is 3.02. The van der Waals surface area contributed by atoms with Crippen molar-refractivity contribution in [2.24, 2.45) is 5.92 Å². The first-order valence-corrected chi connectivity index (χ1v) is 4.69. The van der Waals surface area contributed by atoms with Crippen molar-refractivity contribution in [3.63, 3.8) is 0 Å². The zero-order valence-corrected chi connectivity index (χ0v) is 9.02. The number of nitrogens with zero attached hydrogens (tertiary/aromatic N) is 2. The second-order valence-corrected chi connectivity index (χ2v) is 3.65. The highest BCUT2D eigenvalue weighted by Gasteiger charge is 2.13. The van der Waals surface area contributed by atoms with E-state index in [9.17, 15) is 9.59 Å². The summed E-state index contributed by atoms with van der Waals surface area (Å²) in [5.74, 6) is -1.51. The second kappa shape index (κ2) is 4.25. The molecule has 0 fully saturated rings. The first kappa shape index (κ1) is 11.4. The van der Waals surface area contributed by atoms with Crippen LogP contribution in [-0.4, -0.2) is 20.6 Å². The van der Waals surface area contributed by atoms with Crippen molar-refractivity contribution >= 4 is 5.97 Å². The molecule has 0 saturated heterocycles. The molecule has 0 radical (unpaired) electrons. The third-order valence-corrected chi connectivity index (χ3v) is 2.41. The summed E-state index contributed by atoms with van der Waals surface area (Å²) in [6, 6.07) is 0. The minimum Gasteiger partial charge on any atom is -0.481 e. The van der Waals surface area contributed by atoms with Crippen LogP contribution in [0.25, 0.3) is 0 Å². The minimum absolute atomic E-state index is 0.155. The summed E-state index contributed by atoms with van der Waals surface area (Å²) in [6.45, 7) is 5.15. The fourth-order valence-electron chi connectivity index (χ4n) is 1.18. The zero-order valence-electron chi connectivity index (χ0n) is 9.02. The SMILES string of the molecule is Cc1ncn(CC(C)C(=O)O)c(=O)c1C. The summed E-state index contributed by atoms with van der Waals surface area (Å²) in [4.78, 5) is 26.3. The van der Waals surface area contributed by atoms with Crippen molar-refractivity contribution in [2.45, 2.75) is 27.3 Å². The molecule has 1 N–H and O–H groups in total. The van der Waals surface area contributed by atoms with E-state index >= 15 is 0 Å². The van der Waals surface area contributed by atoms with Gasteiger partial charge in [0.25, 0.3) is 5.56 Å². The maximum Gasteiger partial charge on any atom is 0.308 e. The molecule has 1 heterocycles. The van der Waals surface area contributed by atoms with Crippen LogP contribution in [0.5, 0.6) is 0 Å². The molecule has 0 aromatic carbocycles. The molecule has 15 heavy (non-hydrogen) atoms. The average molecular weight is 210 g/mol. The third-order valence-electron chi connectivity index (χ3n) is 2.41. The molecule has 0 aliphatic rings. The number of carboxylic acids is 1. The Morgan fingerprint density at radius 1 is 1.60 bits per heavy atom. The van der Waals surface area contributed by atoms with Gasteiger partial charge in [0, 0.05) is 17.8 Å². The zero-order chi connectivity index (χ0) is 11.6. The molecule has 1 rings (SSSR count). The number of aryl methyl sites for hydroxylation is 1. The van der Waals surface area contributed by atoms with Crippen LogP contribution in [0.4, 0.5) is 0 Å². The van der Waals surface area contributed by atoms with E-state index in [0.717, 1.165) is 0 Å². The Labute approximate surface area is 87.4 Å². The van der Waals surface area contributed by atoms with Crippen molar-refractivity contribution in [1.29, 1.82) is 0 Å². The second-order valence-electron chi connectivity index (χ2n) is 3.65. The van der Waals surface area contributed by atoms with Gasteiger partial charge in [-0.15, -0.1) is 0 Å². The van der Waals surface area contributed by atoms with Crippen LogP contribution in [0.1, 0.15) is 18.2 Å². The van der Waals surface area contributed by atoms with Gasteiger partial charge in [-0.25, -0.2) is 4.98 Å². The molecule has 82 valence electrons. The van der Waals surface area contributed by atoms with Crippen LogP contribution in [0, 0.1) is 19.8 Å². The monoisotopic (exact) mass is 210 g/mol. The Kier molecular flexibility index (Phi) is 3.24. The van der Waals surface area contributed by atoms with E-state index in [4.69, 9.17) is 5.11 Å². The summed E-state index contributed by atoms with van der Waals surface area (Å²) < 4.78 is 1.33. The van der Waals surface area contributed by atoms with Crippen LogP contribution in [0.3, 0.4) is 0 Å². The van der Waals surface area contributed by atoms with E-state index in [-0.39, 0.29) is 12.1 Å². The topological polar surface area (TPSA) is 72.2 Å². The fourth-order valence-corrected chi connectivity index (χ4v) is 1.18. The number of aromatic nitrogens is 2. The van der Waals surface area contributed by atoms with E-state index in [1.165, 1.54) is 10.9 Å². The van der Waals surface area contributed by atoms with E-state index in [0.29, 0.717) is 11.3 Å². The summed E-state index contributed by atoms with van der Waals surface area (Å²) in [7, 11) is 0. The molecule has 0 aliphatic carbocycles. The van der Waals surface area contributed by atoms with Crippen LogP contribution >= 0.6 is 0 Å². The highest BCUT2D eigenvalue weighted by Crippen LogP contribution is 2.00. The van der Waals surface area contributed by atoms with Gasteiger partial charge in [0.05, 0.1) is 12.2 Å². The molecule has 1 aromatic rings. The summed E-state index contributed by atoms with van der Waals surface area (Å²) in [5.41, 5.74) is 1.07. The Hall–Kier alpha value is -1.65. The fraction of sp³-hybridized carbons (Fsp3) is 0.500. The lowest BCUT2D eigenvalue weighted by atomic mass is 10.2. The molecule has 5 nitrogen and oxygen atoms in total. The predicted octanol–water partition coefficient (Wildman–Crippen LogP) is 0.581. The van der Waals surface area contributed by atoms with Gasteiger partial charge in [0.1, 0.15) is 0 Å². The minimum atomic E-state index is -0.917.